The van der Waals surface area contributed by atoms with E-state index in [1.54, 1.807) is 24.3 Å². The first-order valence-electron chi connectivity index (χ1n) is 6.85. The molecular weight excluding hydrogens is 380 g/mol. The summed E-state index contributed by atoms with van der Waals surface area (Å²) in [7, 11) is 0. The molecule has 7 nitrogen and oxygen atoms in total. The molecule has 24 heavy (non-hydrogen) atoms. The van der Waals surface area contributed by atoms with E-state index >= 15 is 0 Å². The molecule has 0 aliphatic carbocycles. The van der Waals surface area contributed by atoms with Gasteiger partial charge in [-0.2, -0.15) is 0 Å². The normalized spacial score (nSPS) is 16.6. The lowest BCUT2D eigenvalue weighted by Crippen LogP contribution is -2.53. The van der Waals surface area contributed by atoms with Gasteiger partial charge in [0.15, 0.2) is 0 Å². The first-order chi connectivity index (χ1) is 11.5. The molecule has 1 aliphatic rings. The number of carbonyl (C=O) groups is 3. The molecule has 0 atom stereocenters. The van der Waals surface area contributed by atoms with Crippen LogP contribution in [0.1, 0.15) is 11.3 Å². The average Bonchev–Trinajstić information content (AvgIpc) is 3.04. The number of carbonyl (C=O) groups excluding carboxylic acids is 3. The smallest absolute Gasteiger partial charge is 0.331 e. The number of phenols is 1. The number of nitrogens with zero attached hydrogens (tertiary/aromatic N) is 1. The number of phenolic OH excluding ortho intramolecular Hbond substituents is 1. The maximum Gasteiger partial charge on any atom is 0.331 e. The summed E-state index contributed by atoms with van der Waals surface area (Å²) >= 11 is 3.16. The lowest BCUT2D eigenvalue weighted by molar-refractivity contribution is -0.130. The lowest BCUT2D eigenvalue weighted by atomic mass is 10.1. The fourth-order valence-corrected chi connectivity index (χ4v) is 2.57. The summed E-state index contributed by atoms with van der Waals surface area (Å²) < 4.78 is 5.55. The van der Waals surface area contributed by atoms with Gasteiger partial charge in [0, 0.05) is 0 Å². The fraction of sp³-hybridized carbons (Fsp3) is 0.0625. The fourth-order valence-electron chi connectivity index (χ4n) is 2.18. The molecule has 2 N–H and O–H groups in total. The molecule has 0 unspecified atom stereocenters. The SMILES string of the molecule is O=C1NC(=O)N(Cc2ccco2)C(=O)/C1=C/c1ccc(O)c(Br)c1. The molecule has 4 amide bonds. The van der Waals surface area contributed by atoms with E-state index in [-0.39, 0.29) is 17.9 Å². The topological polar surface area (TPSA) is 99.9 Å². The Labute approximate surface area is 144 Å². The van der Waals surface area contributed by atoms with Gasteiger partial charge < -0.3 is 9.52 Å². The van der Waals surface area contributed by atoms with Gasteiger partial charge in [-0.15, -0.1) is 0 Å². The first kappa shape index (κ1) is 16.0. The summed E-state index contributed by atoms with van der Waals surface area (Å²) in [6.07, 6.45) is 2.78. The number of hydrogen-bond acceptors (Lipinski definition) is 5. The minimum atomic E-state index is -0.801. The van der Waals surface area contributed by atoms with Crippen molar-refractivity contribution in [1.82, 2.24) is 10.2 Å². The number of aromatic hydroxyl groups is 1. The van der Waals surface area contributed by atoms with Crippen LogP contribution in [0.5, 0.6) is 5.75 Å². The number of nitrogens with one attached hydrogen (secondary N) is 1. The number of amides is 4. The number of hydrogen-bond donors (Lipinski definition) is 2. The van der Waals surface area contributed by atoms with E-state index in [0.717, 1.165) is 4.90 Å². The Kier molecular flexibility index (Phi) is 4.22. The van der Waals surface area contributed by atoms with Crippen molar-refractivity contribution in [2.75, 3.05) is 0 Å². The molecule has 2 heterocycles. The van der Waals surface area contributed by atoms with Crippen LogP contribution in [0, 0.1) is 0 Å². The number of halogens is 1. The van der Waals surface area contributed by atoms with Gasteiger partial charge in [-0.3, -0.25) is 19.8 Å². The van der Waals surface area contributed by atoms with Crippen molar-refractivity contribution < 1.29 is 23.9 Å². The molecule has 0 radical (unpaired) electrons. The van der Waals surface area contributed by atoms with E-state index in [0.29, 0.717) is 15.8 Å². The Bertz CT molecular complexity index is 857. The van der Waals surface area contributed by atoms with E-state index in [2.05, 4.69) is 21.2 Å². The van der Waals surface area contributed by atoms with Crippen molar-refractivity contribution in [2.24, 2.45) is 0 Å². The van der Waals surface area contributed by atoms with Crippen molar-refractivity contribution in [1.29, 1.82) is 0 Å². The predicted octanol–water partition coefficient (Wildman–Crippen LogP) is 2.41. The monoisotopic (exact) mass is 390 g/mol. The molecule has 1 aromatic carbocycles. The van der Waals surface area contributed by atoms with Gasteiger partial charge in [0.05, 0.1) is 17.3 Å². The highest BCUT2D eigenvalue weighted by Gasteiger charge is 2.36. The Hall–Kier alpha value is -2.87. The van der Waals surface area contributed by atoms with Crippen molar-refractivity contribution in [2.45, 2.75) is 6.54 Å². The van der Waals surface area contributed by atoms with Gasteiger partial charge in [-0.25, -0.2) is 4.79 Å². The molecular formula is C16H11BrN2O5. The Balaban J connectivity index is 1.92. The van der Waals surface area contributed by atoms with Crippen LogP contribution in [0.15, 0.2) is 51.1 Å². The highest BCUT2D eigenvalue weighted by molar-refractivity contribution is 9.10. The highest BCUT2D eigenvalue weighted by atomic mass is 79.9. The van der Waals surface area contributed by atoms with Crippen LogP contribution in [0.2, 0.25) is 0 Å². The third kappa shape index (κ3) is 3.09. The van der Waals surface area contributed by atoms with Crippen molar-refractivity contribution in [3.63, 3.8) is 0 Å². The zero-order valence-corrected chi connectivity index (χ0v) is 13.7. The van der Waals surface area contributed by atoms with Crippen molar-refractivity contribution in [3.05, 3.63) is 58.0 Å². The summed E-state index contributed by atoms with van der Waals surface area (Å²) in [6.45, 7) is -0.0818. The maximum absolute atomic E-state index is 12.5. The summed E-state index contributed by atoms with van der Waals surface area (Å²) in [5.41, 5.74) is 0.337. The van der Waals surface area contributed by atoms with Crippen LogP contribution in [-0.4, -0.2) is 27.9 Å². The Morgan fingerprint density at radius 2 is 2.04 bits per heavy atom. The Morgan fingerprint density at radius 1 is 1.25 bits per heavy atom. The van der Waals surface area contributed by atoms with Crippen LogP contribution in [0.4, 0.5) is 4.79 Å². The predicted molar refractivity (Wildman–Crippen MR) is 86.6 cm³/mol. The molecule has 8 heteroatoms. The molecule has 1 saturated heterocycles. The Morgan fingerprint density at radius 3 is 2.71 bits per heavy atom. The van der Waals surface area contributed by atoms with Gasteiger partial charge in [0.1, 0.15) is 17.1 Å². The summed E-state index contributed by atoms with van der Waals surface area (Å²) in [5, 5.41) is 11.6. The van der Waals surface area contributed by atoms with Crippen molar-refractivity contribution >= 4 is 39.9 Å². The number of furan rings is 1. The summed E-state index contributed by atoms with van der Waals surface area (Å²) in [5.74, 6) is -1.04. The lowest BCUT2D eigenvalue weighted by Gasteiger charge is -2.25. The largest absolute Gasteiger partial charge is 0.507 e. The highest BCUT2D eigenvalue weighted by Crippen LogP contribution is 2.26. The number of benzene rings is 1. The van der Waals surface area contributed by atoms with Gasteiger partial charge >= 0.3 is 6.03 Å². The molecule has 2 aromatic rings. The number of urea groups is 1. The van der Waals surface area contributed by atoms with Gasteiger partial charge in [0.25, 0.3) is 11.8 Å². The first-order valence-corrected chi connectivity index (χ1v) is 7.65. The quantitative estimate of drug-likeness (QED) is 0.619. The van der Waals surface area contributed by atoms with Crippen LogP contribution >= 0.6 is 15.9 Å². The maximum atomic E-state index is 12.5. The van der Waals surface area contributed by atoms with E-state index in [1.165, 1.54) is 18.4 Å². The number of barbiturate groups is 1. The van der Waals surface area contributed by atoms with Gasteiger partial charge in [-0.1, -0.05) is 6.07 Å². The second kappa shape index (κ2) is 6.32. The third-order valence-corrected chi connectivity index (χ3v) is 4.00. The van der Waals surface area contributed by atoms with E-state index < -0.39 is 17.8 Å². The zero-order chi connectivity index (χ0) is 17.3. The van der Waals surface area contributed by atoms with Crippen LogP contribution in [0.3, 0.4) is 0 Å². The number of imide groups is 2. The van der Waals surface area contributed by atoms with Gasteiger partial charge in [0.2, 0.25) is 0 Å². The molecule has 0 spiro atoms. The standard InChI is InChI=1S/C16H11BrN2O5/c17-12-7-9(3-4-13(12)20)6-11-14(21)18-16(23)19(15(11)22)8-10-2-1-5-24-10/h1-7,20H,8H2,(H,18,21,23)/b11-6+. The van der Waals surface area contributed by atoms with E-state index in [1.807, 2.05) is 0 Å². The van der Waals surface area contributed by atoms with Crippen LogP contribution < -0.4 is 5.32 Å². The zero-order valence-electron chi connectivity index (χ0n) is 12.2. The van der Waals surface area contributed by atoms with Crippen molar-refractivity contribution in [3.8, 4) is 5.75 Å². The van der Waals surface area contributed by atoms with Crippen LogP contribution in [0.25, 0.3) is 6.08 Å². The minimum Gasteiger partial charge on any atom is -0.507 e. The number of rotatable bonds is 3. The second-order valence-electron chi connectivity index (χ2n) is 5.00. The van der Waals surface area contributed by atoms with Gasteiger partial charge in [-0.05, 0) is 51.8 Å². The molecule has 122 valence electrons. The molecule has 0 bridgehead atoms. The molecule has 1 fully saturated rings. The molecule has 1 aliphatic heterocycles. The van der Waals surface area contributed by atoms with Crippen LogP contribution in [-0.2, 0) is 16.1 Å². The minimum absolute atomic E-state index is 0.0335. The summed E-state index contributed by atoms with van der Waals surface area (Å²) in [6, 6.07) is 6.98. The molecule has 0 saturated carbocycles. The third-order valence-electron chi connectivity index (χ3n) is 3.36. The van der Waals surface area contributed by atoms with E-state index in [9.17, 15) is 19.5 Å². The van der Waals surface area contributed by atoms with E-state index in [4.69, 9.17) is 4.42 Å². The second-order valence-corrected chi connectivity index (χ2v) is 5.85. The summed E-state index contributed by atoms with van der Waals surface area (Å²) in [4.78, 5) is 37.3. The molecule has 3 rings (SSSR count). The molecule has 1 aromatic heterocycles. The average molecular weight is 391 g/mol.